The van der Waals surface area contributed by atoms with E-state index >= 15 is 0 Å². The van der Waals surface area contributed by atoms with Gasteiger partial charge in [-0.25, -0.2) is 19.3 Å². The fourth-order valence-electron chi connectivity index (χ4n) is 2.54. The normalized spacial score (nSPS) is 29.0. The second-order valence-electron chi connectivity index (χ2n) is 4.84. The van der Waals surface area contributed by atoms with Gasteiger partial charge in [0.05, 0.1) is 12.9 Å². The quantitative estimate of drug-likeness (QED) is 0.632. The van der Waals surface area contributed by atoms with Crippen molar-refractivity contribution >= 4 is 25.2 Å². The Kier molecular flexibility index (Phi) is 4.55. The minimum Gasteiger partial charge on any atom is -0.394 e. The van der Waals surface area contributed by atoms with Gasteiger partial charge in [0.2, 0.25) is 0 Å². The predicted molar refractivity (Wildman–Crippen MR) is 76.9 cm³/mol. The zero-order valence-electron chi connectivity index (χ0n) is 12.0. The molecular weight excluding hydrogens is 332 g/mol. The number of nitrogens with zero attached hydrogens (tertiary/aromatic N) is 4. The number of anilines is 1. The first-order chi connectivity index (χ1) is 11.1. The second-order valence-corrected chi connectivity index (χ2v) is 5.60. The van der Waals surface area contributed by atoms with E-state index in [-0.39, 0.29) is 0 Å². The molecule has 0 bridgehead atoms. The summed E-state index contributed by atoms with van der Waals surface area (Å²) in [4.78, 5) is 21.1. The highest BCUT2D eigenvalue weighted by Gasteiger charge is 2.48. The topological polar surface area (TPSA) is 132 Å². The molecule has 3 N–H and O–H groups in total. The number of aliphatic hydroxyl groups excluding tert-OH is 1. The largest absolute Gasteiger partial charge is 0.394 e. The molecule has 1 fully saturated rings. The number of imidazole rings is 1. The average molecular weight is 347 g/mol. The summed E-state index contributed by atoms with van der Waals surface area (Å²) in [5, 5.41) is 12.1. The highest BCUT2D eigenvalue weighted by atomic mass is 31.1. The van der Waals surface area contributed by atoms with E-state index in [1.54, 1.807) is 7.05 Å². The molecule has 2 aromatic heterocycles. The lowest BCUT2D eigenvalue weighted by Crippen LogP contribution is -2.32. The molecular formula is C11H15FN5O5P. The fourth-order valence-corrected chi connectivity index (χ4v) is 3.06. The van der Waals surface area contributed by atoms with Gasteiger partial charge in [-0.2, -0.15) is 0 Å². The minimum atomic E-state index is -3.38. The predicted octanol–water partition coefficient (Wildman–Crippen LogP) is -0.137. The van der Waals surface area contributed by atoms with Crippen LogP contribution in [0.4, 0.5) is 10.2 Å². The Balaban J connectivity index is 1.97. The molecule has 3 rings (SSSR count). The zero-order chi connectivity index (χ0) is 16.6. The van der Waals surface area contributed by atoms with Crippen LogP contribution in [0.1, 0.15) is 6.23 Å². The summed E-state index contributed by atoms with van der Waals surface area (Å²) in [6.45, 7) is -0.555. The summed E-state index contributed by atoms with van der Waals surface area (Å²) in [5.74, 6) is 0.467. The second kappa shape index (κ2) is 6.46. The van der Waals surface area contributed by atoms with Crippen molar-refractivity contribution in [2.24, 2.45) is 0 Å². The Morgan fingerprint density at radius 1 is 1.52 bits per heavy atom. The van der Waals surface area contributed by atoms with Crippen molar-refractivity contribution in [3.05, 3.63) is 12.7 Å². The number of aliphatic hydroxyl groups is 1. The number of hydrogen-bond donors (Lipinski definition) is 3. The van der Waals surface area contributed by atoms with Crippen LogP contribution in [0.5, 0.6) is 0 Å². The number of halogens is 1. The van der Waals surface area contributed by atoms with Gasteiger partial charge < -0.3 is 24.6 Å². The van der Waals surface area contributed by atoms with Gasteiger partial charge in [0, 0.05) is 7.05 Å². The number of alkyl halides is 1. The summed E-state index contributed by atoms with van der Waals surface area (Å²) in [6.07, 6.45) is -2.78. The third kappa shape index (κ3) is 2.81. The lowest BCUT2D eigenvalue weighted by Gasteiger charge is -2.16. The first-order valence-electron chi connectivity index (χ1n) is 6.72. The van der Waals surface area contributed by atoms with E-state index in [9.17, 15) is 14.1 Å². The van der Waals surface area contributed by atoms with E-state index in [1.807, 2.05) is 0 Å². The van der Waals surface area contributed by atoms with Gasteiger partial charge >= 0.3 is 8.25 Å². The van der Waals surface area contributed by atoms with E-state index in [2.05, 4.69) is 24.8 Å². The summed E-state index contributed by atoms with van der Waals surface area (Å²) >= 11 is 0. The minimum absolute atomic E-state index is 0.325. The molecule has 12 heteroatoms. The van der Waals surface area contributed by atoms with Crippen molar-refractivity contribution in [3.63, 3.8) is 0 Å². The average Bonchev–Trinajstić information content (AvgIpc) is 3.09. The lowest BCUT2D eigenvalue weighted by molar-refractivity contribution is -0.0436. The molecule has 2 aromatic rings. The maximum absolute atomic E-state index is 14.6. The Hall–Kier alpha value is -1.65. The van der Waals surface area contributed by atoms with Crippen LogP contribution in [-0.2, 0) is 13.8 Å². The van der Waals surface area contributed by atoms with Crippen molar-refractivity contribution < 1.29 is 28.2 Å². The summed E-state index contributed by atoms with van der Waals surface area (Å²) in [7, 11) is -1.72. The molecule has 0 spiro atoms. The van der Waals surface area contributed by atoms with Crippen LogP contribution in [0.25, 0.3) is 11.2 Å². The lowest BCUT2D eigenvalue weighted by atomic mass is 10.1. The molecule has 0 amide bonds. The SMILES string of the molecule is CNc1ncnc2c1ncn2[C@@H]1O[C@H](CO)C(O[PH](=O)O)C1F. The van der Waals surface area contributed by atoms with E-state index < -0.39 is 39.5 Å². The van der Waals surface area contributed by atoms with Gasteiger partial charge in [0.1, 0.15) is 24.1 Å². The van der Waals surface area contributed by atoms with Crippen LogP contribution in [-0.4, -0.2) is 61.6 Å². The summed E-state index contributed by atoms with van der Waals surface area (Å²) < 4.78 is 36.9. The molecule has 1 aliphatic rings. The Morgan fingerprint density at radius 2 is 2.30 bits per heavy atom. The number of hydrogen-bond acceptors (Lipinski definition) is 8. The van der Waals surface area contributed by atoms with Gasteiger partial charge in [0.25, 0.3) is 0 Å². The Morgan fingerprint density at radius 3 is 2.96 bits per heavy atom. The molecule has 0 radical (unpaired) electrons. The number of rotatable bonds is 5. The van der Waals surface area contributed by atoms with Gasteiger partial charge in [-0.3, -0.25) is 9.13 Å². The van der Waals surface area contributed by atoms with E-state index in [1.165, 1.54) is 17.2 Å². The molecule has 0 saturated carbocycles. The van der Waals surface area contributed by atoms with E-state index in [4.69, 9.17) is 9.63 Å². The third-order valence-electron chi connectivity index (χ3n) is 3.55. The highest BCUT2D eigenvalue weighted by molar-refractivity contribution is 7.32. The van der Waals surface area contributed by atoms with Crippen molar-refractivity contribution in [3.8, 4) is 0 Å². The first-order valence-corrected chi connectivity index (χ1v) is 7.98. The zero-order valence-corrected chi connectivity index (χ0v) is 13.0. The van der Waals surface area contributed by atoms with Gasteiger partial charge in [-0.1, -0.05) is 0 Å². The van der Waals surface area contributed by atoms with Crippen LogP contribution in [0.15, 0.2) is 12.7 Å². The third-order valence-corrected chi connectivity index (χ3v) is 4.03. The highest BCUT2D eigenvalue weighted by Crippen LogP contribution is 2.38. The first kappa shape index (κ1) is 16.2. The molecule has 1 aliphatic heterocycles. The van der Waals surface area contributed by atoms with Gasteiger partial charge in [-0.05, 0) is 0 Å². The number of ether oxygens (including phenoxy) is 1. The number of aromatic nitrogens is 4. The summed E-state index contributed by atoms with van der Waals surface area (Å²) in [5.41, 5.74) is 0.748. The van der Waals surface area contributed by atoms with Crippen LogP contribution in [0, 0.1) is 0 Å². The standard InChI is InChI=1S/C11H15FN5O5P/c1-13-9-7-10(15-3-14-9)17(4-16-7)11-6(12)8(22-23(19)20)5(2-18)21-11/h3-6,8,11,18,23H,2H2,1H3,(H,19,20)(H,13,14,15)/t5-,6?,8?,11-/m1/s1. The fraction of sp³-hybridized carbons (Fsp3) is 0.545. The maximum Gasteiger partial charge on any atom is 0.317 e. The number of nitrogens with one attached hydrogen (secondary N) is 1. The molecule has 10 nitrogen and oxygen atoms in total. The molecule has 0 aromatic carbocycles. The van der Waals surface area contributed by atoms with Crippen molar-refractivity contribution in [2.45, 2.75) is 24.6 Å². The van der Waals surface area contributed by atoms with E-state index in [0.29, 0.717) is 17.0 Å². The summed E-state index contributed by atoms with van der Waals surface area (Å²) in [6, 6.07) is 0. The van der Waals surface area contributed by atoms with Crippen molar-refractivity contribution in [2.75, 3.05) is 19.0 Å². The molecule has 3 unspecified atom stereocenters. The Bertz CT molecular complexity index is 730. The molecule has 0 aliphatic carbocycles. The van der Waals surface area contributed by atoms with Gasteiger partial charge in [0.15, 0.2) is 23.9 Å². The number of fused-ring (bicyclic) bond motifs is 1. The van der Waals surface area contributed by atoms with Crippen LogP contribution < -0.4 is 5.32 Å². The molecule has 5 atom stereocenters. The smallest absolute Gasteiger partial charge is 0.317 e. The van der Waals surface area contributed by atoms with Crippen LogP contribution in [0.2, 0.25) is 0 Å². The molecule has 126 valence electrons. The monoisotopic (exact) mass is 347 g/mol. The van der Waals surface area contributed by atoms with E-state index in [0.717, 1.165) is 0 Å². The van der Waals surface area contributed by atoms with Crippen molar-refractivity contribution in [1.82, 2.24) is 19.5 Å². The van der Waals surface area contributed by atoms with Crippen molar-refractivity contribution in [1.29, 1.82) is 0 Å². The molecule has 3 heterocycles. The Labute approximate surface area is 130 Å². The molecule has 1 saturated heterocycles. The maximum atomic E-state index is 14.6. The van der Waals surface area contributed by atoms with Crippen LogP contribution in [0.3, 0.4) is 0 Å². The molecule has 23 heavy (non-hydrogen) atoms. The van der Waals surface area contributed by atoms with Crippen LogP contribution >= 0.6 is 8.25 Å². The van der Waals surface area contributed by atoms with Gasteiger partial charge in [-0.15, -0.1) is 0 Å².